The number of nitrogens with zero attached hydrogens (tertiary/aromatic N) is 2. The molecule has 0 N–H and O–H groups in total. The predicted molar refractivity (Wildman–Crippen MR) is 62.4 cm³/mol. The molecule has 0 saturated carbocycles. The second-order valence-corrected chi connectivity index (χ2v) is 3.99. The Bertz CT molecular complexity index is 560. The molecule has 1 aromatic heterocycles. The van der Waals surface area contributed by atoms with E-state index in [4.69, 9.17) is 0 Å². The highest BCUT2D eigenvalue weighted by Crippen LogP contribution is 2.13. The van der Waals surface area contributed by atoms with E-state index in [0.29, 0.717) is 16.8 Å². The summed E-state index contributed by atoms with van der Waals surface area (Å²) in [6, 6.07) is 6.32. The van der Waals surface area contributed by atoms with Gasteiger partial charge >= 0.3 is 0 Å². The van der Waals surface area contributed by atoms with Crippen LogP contribution >= 0.6 is 0 Å². The molecular weight excluding hydrogens is 219 g/mol. The normalized spacial score (nSPS) is 10.5. The van der Waals surface area contributed by atoms with E-state index in [9.17, 15) is 9.18 Å². The first kappa shape index (κ1) is 11.5. The lowest BCUT2D eigenvalue weighted by molar-refractivity contribution is 0.0991. The molecule has 0 fully saturated rings. The number of aryl methyl sites for hydroxylation is 2. The fraction of sp³-hybridized carbons (Fsp3) is 0.231. The topological polar surface area (TPSA) is 34.9 Å². The Morgan fingerprint density at radius 2 is 2.12 bits per heavy atom. The summed E-state index contributed by atoms with van der Waals surface area (Å²) in [5.41, 5.74) is 1.64. The Morgan fingerprint density at radius 1 is 1.41 bits per heavy atom. The number of benzene rings is 1. The summed E-state index contributed by atoms with van der Waals surface area (Å²) in [7, 11) is 1.76. The first-order chi connectivity index (χ1) is 8.08. The van der Waals surface area contributed by atoms with Crippen molar-refractivity contribution in [2.24, 2.45) is 7.05 Å². The zero-order valence-electron chi connectivity index (χ0n) is 9.77. The van der Waals surface area contributed by atoms with Gasteiger partial charge in [-0.1, -0.05) is 18.2 Å². The van der Waals surface area contributed by atoms with Crippen molar-refractivity contribution >= 4 is 5.78 Å². The van der Waals surface area contributed by atoms with Gasteiger partial charge in [-0.15, -0.1) is 0 Å². The molecule has 0 radical (unpaired) electrons. The molecule has 4 heteroatoms. The molecule has 0 aliphatic heterocycles. The number of rotatable bonds is 3. The van der Waals surface area contributed by atoms with E-state index in [1.165, 1.54) is 6.07 Å². The van der Waals surface area contributed by atoms with E-state index in [1.807, 2.05) is 0 Å². The van der Waals surface area contributed by atoms with Crippen LogP contribution in [0.25, 0.3) is 0 Å². The van der Waals surface area contributed by atoms with Crippen molar-refractivity contribution in [2.45, 2.75) is 13.3 Å². The SMILES string of the molecule is Cc1nn(C)cc1C(=O)Cc1ccccc1F. The lowest BCUT2D eigenvalue weighted by atomic mass is 10.0. The van der Waals surface area contributed by atoms with Gasteiger partial charge in [0.05, 0.1) is 11.3 Å². The predicted octanol–water partition coefficient (Wildman–Crippen LogP) is 2.29. The molecule has 17 heavy (non-hydrogen) atoms. The Balaban J connectivity index is 2.23. The highest BCUT2D eigenvalue weighted by atomic mass is 19.1. The summed E-state index contributed by atoms with van der Waals surface area (Å²) in [5.74, 6) is -0.455. The van der Waals surface area contributed by atoms with Crippen LogP contribution < -0.4 is 0 Å². The number of aromatic nitrogens is 2. The smallest absolute Gasteiger partial charge is 0.170 e. The van der Waals surface area contributed by atoms with Crippen LogP contribution in [0.1, 0.15) is 21.6 Å². The van der Waals surface area contributed by atoms with Gasteiger partial charge in [-0.25, -0.2) is 4.39 Å². The monoisotopic (exact) mass is 232 g/mol. The van der Waals surface area contributed by atoms with Crippen molar-refractivity contribution in [1.29, 1.82) is 0 Å². The summed E-state index contributed by atoms with van der Waals surface area (Å²) in [4.78, 5) is 12.0. The lowest BCUT2D eigenvalue weighted by Crippen LogP contribution is -2.05. The minimum Gasteiger partial charge on any atom is -0.294 e. The largest absolute Gasteiger partial charge is 0.294 e. The number of hydrogen-bond acceptors (Lipinski definition) is 2. The van der Waals surface area contributed by atoms with E-state index in [-0.39, 0.29) is 18.0 Å². The Labute approximate surface area is 98.9 Å². The number of carbonyl (C=O) groups excluding carboxylic acids is 1. The maximum Gasteiger partial charge on any atom is 0.170 e. The van der Waals surface area contributed by atoms with Crippen LogP contribution in [0, 0.1) is 12.7 Å². The van der Waals surface area contributed by atoms with E-state index >= 15 is 0 Å². The Kier molecular flexibility index (Phi) is 3.04. The number of Topliss-reactive ketones (excluding diaryl/α,β-unsaturated/α-hetero) is 1. The number of ketones is 1. The number of carbonyl (C=O) groups is 1. The Morgan fingerprint density at radius 3 is 2.71 bits per heavy atom. The molecule has 0 atom stereocenters. The third-order valence-corrected chi connectivity index (χ3v) is 2.62. The lowest BCUT2D eigenvalue weighted by Gasteiger charge is -2.01. The first-order valence-corrected chi connectivity index (χ1v) is 5.35. The van der Waals surface area contributed by atoms with E-state index < -0.39 is 0 Å². The summed E-state index contributed by atoms with van der Waals surface area (Å²) < 4.78 is 15.0. The highest BCUT2D eigenvalue weighted by Gasteiger charge is 2.14. The van der Waals surface area contributed by atoms with Gasteiger partial charge in [0.25, 0.3) is 0 Å². The second kappa shape index (κ2) is 4.49. The number of halogens is 1. The van der Waals surface area contributed by atoms with Crippen LogP contribution in [0.5, 0.6) is 0 Å². The molecule has 0 bridgehead atoms. The molecule has 0 unspecified atom stereocenters. The molecule has 1 heterocycles. The van der Waals surface area contributed by atoms with Crippen LogP contribution in [0.3, 0.4) is 0 Å². The molecule has 0 spiro atoms. The van der Waals surface area contributed by atoms with Gasteiger partial charge in [-0.2, -0.15) is 5.10 Å². The highest BCUT2D eigenvalue weighted by molar-refractivity contribution is 5.98. The first-order valence-electron chi connectivity index (χ1n) is 5.35. The van der Waals surface area contributed by atoms with Crippen molar-refractivity contribution < 1.29 is 9.18 Å². The Hall–Kier alpha value is -1.97. The summed E-state index contributed by atoms with van der Waals surface area (Å²) >= 11 is 0. The molecule has 1 aromatic carbocycles. The maximum atomic E-state index is 13.4. The fourth-order valence-corrected chi connectivity index (χ4v) is 1.78. The molecule has 3 nitrogen and oxygen atoms in total. The van der Waals surface area contributed by atoms with Crippen LogP contribution in [0.4, 0.5) is 4.39 Å². The molecule has 88 valence electrons. The van der Waals surface area contributed by atoms with Crippen molar-refractivity contribution in [1.82, 2.24) is 9.78 Å². The fourth-order valence-electron chi connectivity index (χ4n) is 1.78. The summed E-state index contributed by atoms with van der Waals surface area (Å²) in [6.07, 6.45) is 1.73. The van der Waals surface area contributed by atoms with E-state index in [2.05, 4.69) is 5.10 Å². The van der Waals surface area contributed by atoms with Crippen molar-refractivity contribution in [2.75, 3.05) is 0 Å². The summed E-state index contributed by atoms with van der Waals surface area (Å²) in [5, 5.41) is 4.10. The minimum atomic E-state index is -0.345. The quantitative estimate of drug-likeness (QED) is 0.761. The van der Waals surface area contributed by atoms with Crippen LogP contribution in [0.2, 0.25) is 0 Å². The van der Waals surface area contributed by atoms with Gasteiger partial charge in [-0.05, 0) is 18.6 Å². The zero-order valence-corrected chi connectivity index (χ0v) is 9.77. The van der Waals surface area contributed by atoms with Crippen molar-refractivity contribution in [3.05, 3.63) is 53.1 Å². The minimum absolute atomic E-state index is 0.0687. The standard InChI is InChI=1S/C13H13FN2O/c1-9-11(8-16(2)15-9)13(17)7-10-5-3-4-6-12(10)14/h3-6,8H,7H2,1-2H3. The van der Waals surface area contributed by atoms with E-state index in [1.54, 1.807) is 43.0 Å². The molecular formula is C13H13FN2O. The van der Waals surface area contributed by atoms with Gasteiger partial charge in [0.15, 0.2) is 5.78 Å². The third kappa shape index (κ3) is 2.41. The summed E-state index contributed by atoms with van der Waals surface area (Å²) in [6.45, 7) is 1.77. The molecule has 0 aliphatic carbocycles. The van der Waals surface area contributed by atoms with Crippen molar-refractivity contribution in [3.8, 4) is 0 Å². The molecule has 2 aromatic rings. The molecule has 0 amide bonds. The van der Waals surface area contributed by atoms with Crippen LogP contribution in [-0.2, 0) is 13.5 Å². The van der Waals surface area contributed by atoms with Crippen molar-refractivity contribution in [3.63, 3.8) is 0 Å². The average molecular weight is 232 g/mol. The van der Waals surface area contributed by atoms with Gasteiger partial charge < -0.3 is 0 Å². The third-order valence-electron chi connectivity index (χ3n) is 2.62. The molecule has 2 rings (SSSR count). The molecule has 0 aliphatic rings. The van der Waals surface area contributed by atoms with Crippen LogP contribution in [-0.4, -0.2) is 15.6 Å². The van der Waals surface area contributed by atoms with Gasteiger partial charge in [-0.3, -0.25) is 9.48 Å². The van der Waals surface area contributed by atoms with Crippen LogP contribution in [0.15, 0.2) is 30.5 Å². The van der Waals surface area contributed by atoms with E-state index in [0.717, 1.165) is 0 Å². The molecule has 0 saturated heterocycles. The average Bonchev–Trinajstić information content (AvgIpc) is 2.61. The zero-order chi connectivity index (χ0) is 12.4. The number of hydrogen-bond donors (Lipinski definition) is 0. The van der Waals surface area contributed by atoms with Gasteiger partial charge in [0, 0.05) is 19.7 Å². The van der Waals surface area contributed by atoms with Gasteiger partial charge in [0.1, 0.15) is 5.82 Å². The van der Waals surface area contributed by atoms with Gasteiger partial charge in [0.2, 0.25) is 0 Å². The maximum absolute atomic E-state index is 13.4. The second-order valence-electron chi connectivity index (χ2n) is 3.99.